The maximum absolute atomic E-state index is 14.3. The van der Waals surface area contributed by atoms with Gasteiger partial charge in [0.2, 0.25) is 5.91 Å². The third-order valence-electron chi connectivity index (χ3n) is 4.80. The van der Waals surface area contributed by atoms with Crippen LogP contribution in [0.25, 0.3) is 16.8 Å². The lowest BCUT2D eigenvalue weighted by molar-refractivity contribution is -0.116. The van der Waals surface area contributed by atoms with Crippen molar-refractivity contribution in [3.8, 4) is 6.07 Å². The fourth-order valence-electron chi connectivity index (χ4n) is 3.31. The van der Waals surface area contributed by atoms with E-state index in [4.69, 9.17) is 0 Å². The first-order valence-electron chi connectivity index (χ1n) is 9.89. The van der Waals surface area contributed by atoms with E-state index in [0.717, 1.165) is 27.0 Å². The van der Waals surface area contributed by atoms with Crippen LogP contribution in [0.15, 0.2) is 77.7 Å². The Bertz CT molecular complexity index is 1430. The summed E-state index contributed by atoms with van der Waals surface area (Å²) >= 11 is 1.10. The van der Waals surface area contributed by atoms with Crippen molar-refractivity contribution in [2.45, 2.75) is 6.92 Å². The van der Waals surface area contributed by atoms with Gasteiger partial charge in [-0.1, -0.05) is 48.5 Å². The number of nitrogens with one attached hydrogen (secondary N) is 1. The van der Waals surface area contributed by atoms with E-state index in [9.17, 15) is 19.2 Å². The fourth-order valence-corrected chi connectivity index (χ4v) is 4.14. The number of para-hydroxylation sites is 1. The molecule has 1 aromatic heterocycles. The van der Waals surface area contributed by atoms with Gasteiger partial charge in [-0.15, -0.1) is 11.3 Å². The molecule has 0 radical (unpaired) electrons. The molecule has 8 heteroatoms. The molecule has 4 aromatic rings. The predicted molar refractivity (Wildman–Crippen MR) is 128 cm³/mol. The second-order valence-corrected chi connectivity index (χ2v) is 7.85. The first-order valence-corrected chi connectivity index (χ1v) is 10.8. The highest BCUT2D eigenvalue weighted by molar-refractivity contribution is 7.14. The quantitative estimate of drug-likeness (QED) is 0.310. The first kappa shape index (κ1) is 21.9. The SMILES string of the molecule is CC(=O)N(c1nc(/C=C(\C#N)C(=O)Nc2cccc3ccccc23)cs1)c1ccccc1F. The lowest BCUT2D eigenvalue weighted by Crippen LogP contribution is -2.23. The molecule has 1 heterocycles. The van der Waals surface area contributed by atoms with Crippen molar-refractivity contribution in [3.63, 3.8) is 0 Å². The molecule has 0 spiro atoms. The molecule has 0 saturated heterocycles. The normalized spacial score (nSPS) is 11.1. The zero-order chi connectivity index (χ0) is 23.4. The summed E-state index contributed by atoms with van der Waals surface area (Å²) < 4.78 is 14.3. The Labute approximate surface area is 193 Å². The van der Waals surface area contributed by atoms with Crippen LogP contribution in [0.1, 0.15) is 12.6 Å². The molecule has 0 bridgehead atoms. The topological polar surface area (TPSA) is 86.1 Å². The predicted octanol–water partition coefficient (Wildman–Crippen LogP) is 5.67. The molecule has 0 aliphatic heterocycles. The Morgan fingerprint density at radius 2 is 1.82 bits per heavy atom. The van der Waals surface area contributed by atoms with Gasteiger partial charge in [0.1, 0.15) is 17.5 Å². The number of hydrogen-bond donors (Lipinski definition) is 1. The van der Waals surface area contributed by atoms with Crippen LogP contribution in [0.2, 0.25) is 0 Å². The van der Waals surface area contributed by atoms with Crippen molar-refractivity contribution >= 4 is 56.5 Å². The second-order valence-electron chi connectivity index (χ2n) is 7.01. The van der Waals surface area contributed by atoms with Gasteiger partial charge >= 0.3 is 0 Å². The van der Waals surface area contributed by atoms with E-state index in [1.165, 1.54) is 31.2 Å². The third-order valence-corrected chi connectivity index (χ3v) is 5.65. The maximum atomic E-state index is 14.3. The monoisotopic (exact) mass is 456 g/mol. The molecule has 2 amide bonds. The summed E-state index contributed by atoms with van der Waals surface area (Å²) in [6, 6.07) is 20.9. The number of rotatable bonds is 5. The second kappa shape index (κ2) is 9.42. The molecular weight excluding hydrogens is 439 g/mol. The van der Waals surface area contributed by atoms with Crippen molar-refractivity contribution in [1.82, 2.24) is 4.98 Å². The summed E-state index contributed by atoms with van der Waals surface area (Å²) in [4.78, 5) is 30.4. The number of anilines is 3. The van der Waals surface area contributed by atoms with Crippen LogP contribution < -0.4 is 10.2 Å². The lowest BCUT2D eigenvalue weighted by Gasteiger charge is -2.18. The molecule has 0 fully saturated rings. The number of halogens is 1. The summed E-state index contributed by atoms with van der Waals surface area (Å²) in [7, 11) is 0. The smallest absolute Gasteiger partial charge is 0.266 e. The fraction of sp³-hybridized carbons (Fsp3) is 0.0400. The van der Waals surface area contributed by atoms with E-state index in [1.807, 2.05) is 42.5 Å². The Kier molecular flexibility index (Phi) is 6.24. The Morgan fingerprint density at radius 3 is 2.58 bits per heavy atom. The number of carbonyl (C=O) groups excluding carboxylic acids is 2. The molecule has 0 saturated carbocycles. The standard InChI is InChI=1S/C25H17FN4O2S/c1-16(31)30(23-12-5-4-10-21(23)26)25-28-19(15-33-25)13-18(14-27)24(32)29-22-11-6-8-17-7-2-3-9-20(17)22/h2-13,15H,1H3,(H,29,32)/b18-13+. The summed E-state index contributed by atoms with van der Waals surface area (Å²) in [5.41, 5.74) is 0.812. The Hall–Kier alpha value is -4.35. The zero-order valence-corrected chi connectivity index (χ0v) is 18.3. The Balaban J connectivity index is 1.61. The van der Waals surface area contributed by atoms with E-state index < -0.39 is 17.6 Å². The number of amides is 2. The van der Waals surface area contributed by atoms with Crippen molar-refractivity contribution in [3.05, 3.63) is 89.2 Å². The van der Waals surface area contributed by atoms with E-state index in [2.05, 4.69) is 10.3 Å². The van der Waals surface area contributed by atoms with Crippen LogP contribution in [0.3, 0.4) is 0 Å². The lowest BCUT2D eigenvalue weighted by atomic mass is 10.1. The van der Waals surface area contributed by atoms with E-state index in [1.54, 1.807) is 17.5 Å². The van der Waals surface area contributed by atoms with Gasteiger partial charge < -0.3 is 5.32 Å². The summed E-state index contributed by atoms with van der Waals surface area (Å²) in [6.07, 6.45) is 1.33. The van der Waals surface area contributed by atoms with Gasteiger partial charge in [-0.05, 0) is 29.7 Å². The number of benzene rings is 3. The van der Waals surface area contributed by atoms with Gasteiger partial charge in [-0.2, -0.15) is 5.26 Å². The number of thiazole rings is 1. The van der Waals surface area contributed by atoms with Gasteiger partial charge in [-0.25, -0.2) is 9.37 Å². The largest absolute Gasteiger partial charge is 0.321 e. The van der Waals surface area contributed by atoms with Crippen LogP contribution in [0, 0.1) is 17.1 Å². The summed E-state index contributed by atoms with van der Waals surface area (Å²) in [5.74, 6) is -1.56. The average Bonchev–Trinajstić information content (AvgIpc) is 3.27. The number of carbonyl (C=O) groups is 2. The molecule has 33 heavy (non-hydrogen) atoms. The zero-order valence-electron chi connectivity index (χ0n) is 17.4. The Morgan fingerprint density at radius 1 is 1.09 bits per heavy atom. The van der Waals surface area contributed by atoms with E-state index in [-0.39, 0.29) is 16.4 Å². The number of aromatic nitrogens is 1. The van der Waals surface area contributed by atoms with Gasteiger partial charge in [0.15, 0.2) is 5.13 Å². The average molecular weight is 457 g/mol. The molecule has 0 unspecified atom stereocenters. The highest BCUT2D eigenvalue weighted by Crippen LogP contribution is 2.31. The van der Waals surface area contributed by atoms with Gasteiger partial charge in [-0.3, -0.25) is 14.5 Å². The molecule has 0 aliphatic carbocycles. The van der Waals surface area contributed by atoms with Gasteiger partial charge in [0.25, 0.3) is 5.91 Å². The van der Waals surface area contributed by atoms with Crippen molar-refractivity contribution in [1.29, 1.82) is 5.26 Å². The molecule has 6 nitrogen and oxygen atoms in total. The van der Waals surface area contributed by atoms with Gasteiger partial charge in [0, 0.05) is 23.4 Å². The highest BCUT2D eigenvalue weighted by Gasteiger charge is 2.21. The molecule has 1 N–H and O–H groups in total. The minimum atomic E-state index is -0.582. The van der Waals surface area contributed by atoms with Crippen LogP contribution >= 0.6 is 11.3 Å². The molecular formula is C25H17FN4O2S. The number of fused-ring (bicyclic) bond motifs is 1. The molecule has 0 atom stereocenters. The third kappa shape index (κ3) is 4.63. The first-order chi connectivity index (χ1) is 16.0. The maximum Gasteiger partial charge on any atom is 0.266 e. The van der Waals surface area contributed by atoms with Crippen molar-refractivity contribution in [2.24, 2.45) is 0 Å². The van der Waals surface area contributed by atoms with Crippen LogP contribution in [-0.4, -0.2) is 16.8 Å². The number of hydrogen-bond acceptors (Lipinski definition) is 5. The summed E-state index contributed by atoms with van der Waals surface area (Å²) in [5, 5.41) is 15.9. The van der Waals surface area contributed by atoms with Crippen molar-refractivity contribution in [2.75, 3.05) is 10.2 Å². The van der Waals surface area contributed by atoms with E-state index >= 15 is 0 Å². The minimum Gasteiger partial charge on any atom is -0.321 e. The van der Waals surface area contributed by atoms with Gasteiger partial charge in [0.05, 0.1) is 11.4 Å². The van der Waals surface area contributed by atoms with E-state index in [0.29, 0.717) is 11.4 Å². The molecule has 0 aliphatic rings. The molecule has 4 rings (SSSR count). The molecule has 3 aromatic carbocycles. The number of nitriles is 1. The summed E-state index contributed by atoms with van der Waals surface area (Å²) in [6.45, 7) is 1.31. The van der Waals surface area contributed by atoms with Crippen molar-refractivity contribution < 1.29 is 14.0 Å². The highest BCUT2D eigenvalue weighted by atomic mass is 32.1. The van der Waals surface area contributed by atoms with Crippen LogP contribution in [-0.2, 0) is 9.59 Å². The van der Waals surface area contributed by atoms with Crippen LogP contribution in [0.4, 0.5) is 20.9 Å². The number of nitrogens with zero attached hydrogens (tertiary/aromatic N) is 3. The molecule has 162 valence electrons. The van der Waals surface area contributed by atoms with Crippen LogP contribution in [0.5, 0.6) is 0 Å². The minimum absolute atomic E-state index is 0.0732.